The molecule has 1 heterocycles. The molecule has 0 saturated heterocycles. The normalized spacial score (nSPS) is 10.4. The van der Waals surface area contributed by atoms with Crippen LogP contribution in [0.1, 0.15) is 0 Å². The highest BCUT2D eigenvalue weighted by Crippen LogP contribution is 2.33. The van der Waals surface area contributed by atoms with Crippen LogP contribution in [0.5, 0.6) is 0 Å². The first kappa shape index (κ1) is 15.9. The maximum absolute atomic E-state index is 12.0. The second-order valence-corrected chi connectivity index (χ2v) is 5.95. The van der Waals surface area contributed by atoms with Crippen molar-refractivity contribution in [3.63, 3.8) is 0 Å². The van der Waals surface area contributed by atoms with Gasteiger partial charge in [-0.1, -0.05) is 39.1 Å². The van der Waals surface area contributed by atoms with E-state index in [1.165, 1.54) is 22.9 Å². The first-order valence-corrected chi connectivity index (χ1v) is 7.32. The Kier molecular flexibility index (Phi) is 4.92. The van der Waals surface area contributed by atoms with Crippen LogP contribution >= 0.6 is 39.1 Å². The Morgan fingerprint density at radius 3 is 2.52 bits per heavy atom. The average molecular weight is 391 g/mol. The van der Waals surface area contributed by atoms with Gasteiger partial charge in [0.1, 0.15) is 6.54 Å². The number of nitrogens with zero attached hydrogens (tertiary/aromatic N) is 1. The number of anilines is 2. The van der Waals surface area contributed by atoms with Gasteiger partial charge in [-0.05, 0) is 18.2 Å². The lowest BCUT2D eigenvalue weighted by Gasteiger charge is -2.11. The van der Waals surface area contributed by atoms with E-state index < -0.39 is 5.91 Å². The van der Waals surface area contributed by atoms with Gasteiger partial charge in [0.2, 0.25) is 5.91 Å². The van der Waals surface area contributed by atoms with E-state index >= 15 is 0 Å². The van der Waals surface area contributed by atoms with Crippen molar-refractivity contribution in [2.45, 2.75) is 6.54 Å². The fourth-order valence-corrected chi connectivity index (χ4v) is 2.97. The molecule has 1 aromatic carbocycles. The van der Waals surface area contributed by atoms with Gasteiger partial charge in [0, 0.05) is 22.4 Å². The van der Waals surface area contributed by atoms with E-state index in [1.807, 2.05) is 0 Å². The summed E-state index contributed by atoms with van der Waals surface area (Å²) in [5.41, 5.74) is 5.94. The van der Waals surface area contributed by atoms with Crippen molar-refractivity contribution in [1.29, 1.82) is 0 Å². The summed E-state index contributed by atoms with van der Waals surface area (Å²) in [4.78, 5) is 23.6. The fraction of sp³-hybridized carbons (Fsp3) is 0.0769. The Labute approximate surface area is 138 Å². The van der Waals surface area contributed by atoms with Crippen molar-refractivity contribution in [3.8, 4) is 0 Å². The molecule has 110 valence electrons. The minimum Gasteiger partial charge on any atom is -0.398 e. The third-order valence-corrected chi connectivity index (χ3v) is 3.65. The molecule has 0 aliphatic heterocycles. The first-order chi connectivity index (χ1) is 9.86. The molecule has 8 heteroatoms. The molecule has 1 aromatic heterocycles. The lowest BCUT2D eigenvalue weighted by molar-refractivity contribution is -0.116. The van der Waals surface area contributed by atoms with Crippen molar-refractivity contribution in [1.82, 2.24) is 4.57 Å². The summed E-state index contributed by atoms with van der Waals surface area (Å²) in [6, 6.07) is 5.98. The second-order valence-electron chi connectivity index (χ2n) is 4.22. The topological polar surface area (TPSA) is 77.1 Å². The number of halogens is 3. The molecule has 0 fully saturated rings. The SMILES string of the molecule is Nc1ccc(=O)n(CC(=O)Nc2c(Cl)cc(Br)cc2Cl)c1. The van der Waals surface area contributed by atoms with Crippen LogP contribution in [-0.2, 0) is 11.3 Å². The zero-order chi connectivity index (χ0) is 15.6. The Balaban J connectivity index is 2.19. The van der Waals surface area contributed by atoms with Crippen LogP contribution in [0.25, 0.3) is 0 Å². The number of nitrogens with one attached hydrogen (secondary N) is 1. The van der Waals surface area contributed by atoms with Gasteiger partial charge in [-0.25, -0.2) is 0 Å². The molecule has 0 aliphatic rings. The van der Waals surface area contributed by atoms with E-state index in [1.54, 1.807) is 12.1 Å². The minimum atomic E-state index is -0.436. The number of nitrogen functional groups attached to an aromatic ring is 1. The molecule has 0 bridgehead atoms. The fourth-order valence-electron chi connectivity index (χ4n) is 1.67. The van der Waals surface area contributed by atoms with Crippen molar-refractivity contribution in [2.75, 3.05) is 11.1 Å². The first-order valence-electron chi connectivity index (χ1n) is 5.77. The third-order valence-electron chi connectivity index (χ3n) is 2.59. The van der Waals surface area contributed by atoms with E-state index in [2.05, 4.69) is 21.2 Å². The summed E-state index contributed by atoms with van der Waals surface area (Å²) in [5, 5.41) is 3.16. The maximum atomic E-state index is 12.0. The summed E-state index contributed by atoms with van der Waals surface area (Å²) >= 11 is 15.3. The van der Waals surface area contributed by atoms with Gasteiger partial charge < -0.3 is 15.6 Å². The zero-order valence-corrected chi connectivity index (χ0v) is 13.7. The number of pyridine rings is 1. The van der Waals surface area contributed by atoms with Crippen molar-refractivity contribution >= 4 is 56.4 Å². The quantitative estimate of drug-likeness (QED) is 0.844. The summed E-state index contributed by atoms with van der Waals surface area (Å²) < 4.78 is 1.90. The molecule has 0 atom stereocenters. The van der Waals surface area contributed by atoms with E-state index in [-0.39, 0.29) is 12.1 Å². The lowest BCUT2D eigenvalue weighted by Crippen LogP contribution is -2.27. The molecule has 0 unspecified atom stereocenters. The van der Waals surface area contributed by atoms with Crippen LogP contribution < -0.4 is 16.6 Å². The Bertz CT molecular complexity index is 738. The predicted octanol–water partition coefficient (Wildman–Crippen LogP) is 3.14. The number of nitrogens with two attached hydrogens (primary N) is 1. The van der Waals surface area contributed by atoms with E-state index in [9.17, 15) is 9.59 Å². The van der Waals surface area contributed by atoms with Gasteiger partial charge in [-0.2, -0.15) is 0 Å². The largest absolute Gasteiger partial charge is 0.398 e. The predicted molar refractivity (Wildman–Crippen MR) is 87.9 cm³/mol. The maximum Gasteiger partial charge on any atom is 0.251 e. The Morgan fingerprint density at radius 1 is 1.29 bits per heavy atom. The number of aromatic nitrogens is 1. The van der Waals surface area contributed by atoms with Gasteiger partial charge in [0.25, 0.3) is 5.56 Å². The van der Waals surface area contributed by atoms with Crippen molar-refractivity contribution in [3.05, 3.63) is 55.3 Å². The number of hydrogen-bond donors (Lipinski definition) is 2. The van der Waals surface area contributed by atoms with Gasteiger partial charge in [0.05, 0.1) is 15.7 Å². The van der Waals surface area contributed by atoms with Crippen LogP contribution in [0.2, 0.25) is 10.0 Å². The molecule has 2 rings (SSSR count). The molecule has 0 saturated carbocycles. The lowest BCUT2D eigenvalue weighted by atomic mass is 10.3. The van der Waals surface area contributed by atoms with Crippen LogP contribution in [0.4, 0.5) is 11.4 Å². The zero-order valence-electron chi connectivity index (χ0n) is 10.6. The highest BCUT2D eigenvalue weighted by Gasteiger charge is 2.12. The summed E-state index contributed by atoms with van der Waals surface area (Å²) in [6.45, 7) is -0.188. The summed E-state index contributed by atoms with van der Waals surface area (Å²) in [5.74, 6) is -0.436. The number of rotatable bonds is 3. The number of carbonyl (C=O) groups is 1. The van der Waals surface area contributed by atoms with E-state index in [0.29, 0.717) is 25.9 Å². The van der Waals surface area contributed by atoms with Crippen molar-refractivity contribution in [2.24, 2.45) is 0 Å². The number of carbonyl (C=O) groups excluding carboxylic acids is 1. The van der Waals surface area contributed by atoms with Crippen LogP contribution in [-0.4, -0.2) is 10.5 Å². The molecule has 21 heavy (non-hydrogen) atoms. The molecule has 2 aromatic rings. The Hall–Kier alpha value is -1.50. The molecule has 3 N–H and O–H groups in total. The number of amides is 1. The standard InChI is InChI=1S/C13H10BrCl2N3O2/c14-7-3-9(15)13(10(16)4-7)18-11(20)6-19-5-8(17)1-2-12(19)21/h1-5H,6,17H2,(H,18,20). The average Bonchev–Trinajstić information content (AvgIpc) is 2.38. The molecule has 0 aliphatic carbocycles. The summed E-state index contributed by atoms with van der Waals surface area (Å²) in [6.07, 6.45) is 1.40. The molecule has 1 amide bonds. The molecule has 5 nitrogen and oxygen atoms in total. The minimum absolute atomic E-state index is 0.188. The number of benzene rings is 1. The summed E-state index contributed by atoms with van der Waals surface area (Å²) in [7, 11) is 0. The van der Waals surface area contributed by atoms with Crippen LogP contribution in [0.3, 0.4) is 0 Å². The van der Waals surface area contributed by atoms with Crippen LogP contribution in [0, 0.1) is 0 Å². The van der Waals surface area contributed by atoms with E-state index in [4.69, 9.17) is 28.9 Å². The molecule has 0 spiro atoms. The van der Waals surface area contributed by atoms with Gasteiger partial charge in [-0.3, -0.25) is 9.59 Å². The second kappa shape index (κ2) is 6.51. The van der Waals surface area contributed by atoms with Gasteiger partial charge >= 0.3 is 0 Å². The molecular formula is C13H10BrCl2N3O2. The van der Waals surface area contributed by atoms with Gasteiger partial charge in [-0.15, -0.1) is 0 Å². The molecular weight excluding hydrogens is 381 g/mol. The monoisotopic (exact) mass is 389 g/mol. The highest BCUT2D eigenvalue weighted by atomic mass is 79.9. The smallest absolute Gasteiger partial charge is 0.251 e. The van der Waals surface area contributed by atoms with E-state index in [0.717, 1.165) is 0 Å². The number of hydrogen-bond acceptors (Lipinski definition) is 3. The van der Waals surface area contributed by atoms with Crippen LogP contribution in [0.15, 0.2) is 39.7 Å². The molecule has 0 radical (unpaired) electrons. The Morgan fingerprint density at radius 2 is 1.90 bits per heavy atom. The third kappa shape index (κ3) is 4.00. The van der Waals surface area contributed by atoms with Gasteiger partial charge in [0.15, 0.2) is 0 Å². The highest BCUT2D eigenvalue weighted by molar-refractivity contribution is 9.10. The van der Waals surface area contributed by atoms with Crippen molar-refractivity contribution < 1.29 is 4.79 Å².